The quantitative estimate of drug-likeness (QED) is 0.795. The topological polar surface area (TPSA) is 50.8 Å². The lowest BCUT2D eigenvalue weighted by Crippen LogP contribution is -2.53. The summed E-state index contributed by atoms with van der Waals surface area (Å²) in [7, 11) is 1.71. The molecule has 1 atom stereocenters. The van der Waals surface area contributed by atoms with Crippen LogP contribution in [0.3, 0.4) is 0 Å². The molecule has 0 bridgehead atoms. The van der Waals surface area contributed by atoms with Crippen molar-refractivity contribution in [3.8, 4) is 0 Å². The third kappa shape index (κ3) is 3.41. The maximum Gasteiger partial charge on any atom is 0.231 e. The maximum atomic E-state index is 13.3. The van der Waals surface area contributed by atoms with Crippen LogP contribution >= 0.6 is 0 Å². The molecule has 1 unspecified atom stereocenters. The Morgan fingerprint density at radius 1 is 1.33 bits per heavy atom. The SMILES string of the molecule is COCC1(C(=O)N(CC2CCOC2)C2CC2)CCNCC1. The predicted molar refractivity (Wildman–Crippen MR) is 80.1 cm³/mol. The molecule has 3 fully saturated rings. The minimum absolute atomic E-state index is 0.304. The van der Waals surface area contributed by atoms with Gasteiger partial charge in [-0.25, -0.2) is 0 Å². The zero-order valence-corrected chi connectivity index (χ0v) is 13.1. The van der Waals surface area contributed by atoms with Crippen molar-refractivity contribution in [3.63, 3.8) is 0 Å². The molecule has 0 aromatic heterocycles. The van der Waals surface area contributed by atoms with Gasteiger partial charge >= 0.3 is 0 Å². The highest BCUT2D eigenvalue weighted by Crippen LogP contribution is 2.37. The van der Waals surface area contributed by atoms with Crippen LogP contribution in [0.5, 0.6) is 0 Å². The Balaban J connectivity index is 1.71. The summed E-state index contributed by atoms with van der Waals surface area (Å²) in [4.78, 5) is 15.4. The van der Waals surface area contributed by atoms with Crippen LogP contribution in [-0.2, 0) is 14.3 Å². The Morgan fingerprint density at radius 2 is 2.10 bits per heavy atom. The first kappa shape index (κ1) is 15.3. The number of amides is 1. The number of nitrogens with one attached hydrogen (secondary N) is 1. The van der Waals surface area contributed by atoms with E-state index in [-0.39, 0.29) is 5.41 Å². The van der Waals surface area contributed by atoms with Gasteiger partial charge in [0.15, 0.2) is 0 Å². The first-order valence-electron chi connectivity index (χ1n) is 8.34. The molecule has 5 heteroatoms. The molecule has 3 rings (SSSR count). The monoisotopic (exact) mass is 296 g/mol. The molecular formula is C16H28N2O3. The summed E-state index contributed by atoms with van der Waals surface area (Å²) in [5, 5.41) is 3.36. The third-order valence-corrected chi connectivity index (χ3v) is 5.16. The van der Waals surface area contributed by atoms with Crippen molar-refractivity contribution >= 4 is 5.91 Å². The molecule has 5 nitrogen and oxygen atoms in total. The molecule has 2 aliphatic heterocycles. The number of nitrogens with zero attached hydrogens (tertiary/aromatic N) is 1. The smallest absolute Gasteiger partial charge is 0.231 e. The van der Waals surface area contributed by atoms with Crippen molar-refractivity contribution in [3.05, 3.63) is 0 Å². The Bertz CT molecular complexity index is 353. The molecule has 2 heterocycles. The van der Waals surface area contributed by atoms with Gasteiger partial charge in [-0.2, -0.15) is 0 Å². The largest absolute Gasteiger partial charge is 0.384 e. The standard InChI is InChI=1S/C16H28N2O3/c1-20-12-16(5-7-17-8-6-16)15(19)18(14-2-3-14)10-13-4-9-21-11-13/h13-14,17H,2-12H2,1H3. The lowest BCUT2D eigenvalue weighted by Gasteiger charge is -2.40. The zero-order chi connectivity index (χ0) is 14.7. The van der Waals surface area contributed by atoms with Crippen LogP contribution in [0.1, 0.15) is 32.1 Å². The van der Waals surface area contributed by atoms with Crippen LogP contribution in [0.15, 0.2) is 0 Å². The molecule has 0 aromatic carbocycles. The summed E-state index contributed by atoms with van der Waals surface area (Å²) in [6, 6.07) is 0.474. The lowest BCUT2D eigenvalue weighted by atomic mass is 9.78. The lowest BCUT2D eigenvalue weighted by molar-refractivity contribution is -0.149. The van der Waals surface area contributed by atoms with E-state index in [0.29, 0.717) is 24.5 Å². The van der Waals surface area contributed by atoms with Crippen LogP contribution in [0.25, 0.3) is 0 Å². The van der Waals surface area contributed by atoms with Gasteiger partial charge in [0.2, 0.25) is 5.91 Å². The van der Waals surface area contributed by atoms with E-state index in [9.17, 15) is 4.79 Å². The Kier molecular flexibility index (Phi) is 4.82. The fourth-order valence-corrected chi connectivity index (χ4v) is 3.70. The molecule has 21 heavy (non-hydrogen) atoms. The van der Waals surface area contributed by atoms with Crippen molar-refractivity contribution in [1.29, 1.82) is 0 Å². The molecule has 3 aliphatic rings. The summed E-state index contributed by atoms with van der Waals surface area (Å²) < 4.78 is 10.9. The van der Waals surface area contributed by atoms with Crippen LogP contribution in [-0.4, -0.2) is 63.4 Å². The number of carbonyl (C=O) groups is 1. The number of hydrogen-bond acceptors (Lipinski definition) is 4. The second-order valence-electron chi connectivity index (χ2n) is 6.88. The van der Waals surface area contributed by atoms with Crippen LogP contribution in [0, 0.1) is 11.3 Å². The predicted octanol–water partition coefficient (Wildman–Crippen LogP) is 1.03. The molecule has 1 N–H and O–H groups in total. The number of rotatable bonds is 6. The van der Waals surface area contributed by atoms with Crippen LogP contribution in [0.4, 0.5) is 0 Å². The molecule has 0 aromatic rings. The molecule has 1 saturated carbocycles. The highest BCUT2D eigenvalue weighted by atomic mass is 16.5. The second kappa shape index (κ2) is 6.63. The molecule has 2 saturated heterocycles. The molecule has 120 valence electrons. The van der Waals surface area contributed by atoms with Crippen molar-refractivity contribution in [2.45, 2.75) is 38.1 Å². The third-order valence-electron chi connectivity index (χ3n) is 5.16. The number of piperidine rings is 1. The number of hydrogen-bond donors (Lipinski definition) is 1. The summed E-state index contributed by atoms with van der Waals surface area (Å²) in [6.07, 6.45) is 5.21. The minimum atomic E-state index is -0.304. The van der Waals surface area contributed by atoms with Crippen molar-refractivity contribution in [2.24, 2.45) is 11.3 Å². The number of carbonyl (C=O) groups excluding carboxylic acids is 1. The zero-order valence-electron chi connectivity index (χ0n) is 13.1. The van der Waals surface area contributed by atoms with Gasteiger partial charge in [0.05, 0.1) is 18.6 Å². The number of ether oxygens (including phenoxy) is 2. The fourth-order valence-electron chi connectivity index (χ4n) is 3.70. The first-order chi connectivity index (χ1) is 10.2. The van der Waals surface area contributed by atoms with Gasteiger partial charge < -0.3 is 19.7 Å². The van der Waals surface area contributed by atoms with Crippen molar-refractivity contribution in [1.82, 2.24) is 10.2 Å². The second-order valence-corrected chi connectivity index (χ2v) is 6.88. The molecule has 1 aliphatic carbocycles. The average molecular weight is 296 g/mol. The van der Waals surface area contributed by atoms with E-state index in [1.165, 1.54) is 12.8 Å². The van der Waals surface area contributed by atoms with Crippen molar-refractivity contribution in [2.75, 3.05) is 46.6 Å². The van der Waals surface area contributed by atoms with E-state index >= 15 is 0 Å². The van der Waals surface area contributed by atoms with E-state index in [2.05, 4.69) is 10.2 Å². The van der Waals surface area contributed by atoms with Gasteiger partial charge in [0.1, 0.15) is 0 Å². The van der Waals surface area contributed by atoms with E-state index in [1.807, 2.05) is 0 Å². The Hall–Kier alpha value is -0.650. The van der Waals surface area contributed by atoms with Gasteiger partial charge in [-0.15, -0.1) is 0 Å². The van der Waals surface area contributed by atoms with E-state index in [0.717, 1.165) is 52.1 Å². The normalized spacial score (nSPS) is 28.5. The van der Waals surface area contributed by atoms with Gasteiger partial charge in [0.25, 0.3) is 0 Å². The van der Waals surface area contributed by atoms with E-state index in [4.69, 9.17) is 9.47 Å². The maximum absolute atomic E-state index is 13.3. The van der Waals surface area contributed by atoms with Gasteiger partial charge in [-0.1, -0.05) is 0 Å². The van der Waals surface area contributed by atoms with Gasteiger partial charge in [-0.05, 0) is 45.2 Å². The summed E-state index contributed by atoms with van der Waals surface area (Å²) >= 11 is 0. The van der Waals surface area contributed by atoms with E-state index < -0.39 is 0 Å². The molecular weight excluding hydrogens is 268 g/mol. The number of methoxy groups -OCH3 is 1. The molecule has 0 radical (unpaired) electrons. The summed E-state index contributed by atoms with van der Waals surface area (Å²) in [5.74, 6) is 0.858. The van der Waals surface area contributed by atoms with Gasteiger partial charge in [0, 0.05) is 32.2 Å². The summed E-state index contributed by atoms with van der Waals surface area (Å²) in [5.41, 5.74) is -0.304. The van der Waals surface area contributed by atoms with Crippen LogP contribution in [0.2, 0.25) is 0 Å². The van der Waals surface area contributed by atoms with E-state index in [1.54, 1.807) is 7.11 Å². The minimum Gasteiger partial charge on any atom is -0.384 e. The first-order valence-corrected chi connectivity index (χ1v) is 8.34. The van der Waals surface area contributed by atoms with Crippen molar-refractivity contribution < 1.29 is 14.3 Å². The highest BCUT2D eigenvalue weighted by Gasteiger charge is 2.46. The highest BCUT2D eigenvalue weighted by molar-refractivity contribution is 5.83. The fraction of sp³-hybridized carbons (Fsp3) is 0.938. The Labute approximate surface area is 127 Å². The average Bonchev–Trinajstić information content (AvgIpc) is 3.22. The summed E-state index contributed by atoms with van der Waals surface area (Å²) in [6.45, 7) is 4.93. The Morgan fingerprint density at radius 3 is 2.67 bits per heavy atom. The molecule has 0 spiro atoms. The molecule has 1 amide bonds. The van der Waals surface area contributed by atoms with Gasteiger partial charge in [-0.3, -0.25) is 4.79 Å². The van der Waals surface area contributed by atoms with Crippen LogP contribution < -0.4 is 5.32 Å².